The second-order valence-corrected chi connectivity index (χ2v) is 16.6. The van der Waals surface area contributed by atoms with Gasteiger partial charge in [0.1, 0.15) is 0 Å². The molecule has 0 saturated carbocycles. The molecule has 0 aliphatic carbocycles. The highest BCUT2D eigenvalue weighted by Gasteiger charge is 2.24. The summed E-state index contributed by atoms with van der Waals surface area (Å²) in [5.41, 5.74) is 11.5. The number of piperidine rings is 3. The second-order valence-electron chi connectivity index (χ2n) is 16.6. The summed E-state index contributed by atoms with van der Waals surface area (Å²) in [5.74, 6) is 0. The minimum atomic E-state index is 0.504. The average Bonchev–Trinajstić information content (AvgIpc) is 4.13. The molecule has 0 amide bonds. The van der Waals surface area contributed by atoms with Gasteiger partial charge in [-0.3, -0.25) is 0 Å². The first kappa shape index (κ1) is 35.5. The molecule has 10 rings (SSSR count). The van der Waals surface area contributed by atoms with Gasteiger partial charge in [0.2, 0.25) is 0 Å². The Morgan fingerprint density at radius 1 is 0.316 bits per heavy atom. The Balaban J connectivity index is 1.00. The number of anilines is 3. The summed E-state index contributed by atoms with van der Waals surface area (Å²) in [6.45, 7) is 6.38. The summed E-state index contributed by atoms with van der Waals surface area (Å²) >= 11 is 0. The fourth-order valence-corrected chi connectivity index (χ4v) is 9.85. The molecule has 0 spiro atoms. The lowest BCUT2D eigenvalue weighted by Crippen LogP contribution is -2.36. The van der Waals surface area contributed by atoms with Gasteiger partial charge in [0.15, 0.2) is 0 Å². The summed E-state index contributed by atoms with van der Waals surface area (Å²) in [5, 5.41) is 0. The number of nitrogens with zero attached hydrogens (tertiary/aromatic N) is 6. The third-order valence-corrected chi connectivity index (χ3v) is 12.9. The van der Waals surface area contributed by atoms with Gasteiger partial charge in [-0.1, -0.05) is 36.4 Å². The van der Waals surface area contributed by atoms with Crippen molar-refractivity contribution < 1.29 is 0 Å². The van der Waals surface area contributed by atoms with Crippen molar-refractivity contribution in [2.45, 2.75) is 56.7 Å². The van der Waals surface area contributed by atoms with Crippen molar-refractivity contribution in [3.63, 3.8) is 0 Å². The second kappa shape index (κ2) is 15.9. The average molecular weight is 751 g/mol. The molecule has 6 heteroatoms. The van der Waals surface area contributed by atoms with Gasteiger partial charge in [-0.25, -0.2) is 0 Å². The molecule has 0 bridgehead atoms. The summed E-state index contributed by atoms with van der Waals surface area (Å²) in [6, 6.07) is 49.6. The lowest BCUT2D eigenvalue weighted by molar-refractivity contribution is 0.406. The van der Waals surface area contributed by atoms with E-state index in [0.717, 1.165) is 39.3 Å². The van der Waals surface area contributed by atoms with Crippen LogP contribution in [0.1, 0.15) is 56.7 Å². The Kier molecular flexibility index (Phi) is 9.93. The van der Waals surface area contributed by atoms with Crippen molar-refractivity contribution in [1.29, 1.82) is 0 Å². The molecule has 3 unspecified atom stereocenters. The standard InChI is InChI=1S/C51H54N6/c1-2-23-52(22-1)49-19-10-28-55(37-49)46-16-7-13-40(34-46)43-31-44(41-14-8-17-47(35-41)56-29-11-20-50(38-56)53-24-3-4-25-53)33-45(32-43)42-15-9-18-48(36-42)57-30-12-21-51(39-57)54-26-5-6-27-54/h1-9,13-18,22-27,31-36,49-51H,10-12,19-21,28-30,37-39H2. The maximum Gasteiger partial charge on any atom is 0.0506 e. The van der Waals surface area contributed by atoms with Crippen molar-refractivity contribution in [2.75, 3.05) is 54.0 Å². The van der Waals surface area contributed by atoms with E-state index in [1.165, 1.54) is 89.0 Å². The highest BCUT2D eigenvalue weighted by atomic mass is 15.2. The smallest absolute Gasteiger partial charge is 0.0506 e. The normalized spacial score (nSPS) is 20.2. The van der Waals surface area contributed by atoms with Crippen LogP contribution < -0.4 is 14.7 Å². The Morgan fingerprint density at radius 3 is 0.912 bits per heavy atom. The molecular weight excluding hydrogens is 697 g/mol. The molecule has 6 heterocycles. The fourth-order valence-electron chi connectivity index (χ4n) is 9.85. The molecule has 6 nitrogen and oxygen atoms in total. The predicted molar refractivity (Wildman–Crippen MR) is 237 cm³/mol. The van der Waals surface area contributed by atoms with E-state index in [9.17, 15) is 0 Å². The van der Waals surface area contributed by atoms with Crippen LogP contribution in [-0.4, -0.2) is 53.0 Å². The zero-order chi connectivity index (χ0) is 38.0. The molecule has 3 aliphatic rings. The molecule has 3 saturated heterocycles. The van der Waals surface area contributed by atoms with Crippen molar-refractivity contribution >= 4 is 17.1 Å². The van der Waals surface area contributed by atoms with E-state index >= 15 is 0 Å². The minimum Gasteiger partial charge on any atom is -0.369 e. The van der Waals surface area contributed by atoms with E-state index < -0.39 is 0 Å². The van der Waals surface area contributed by atoms with Crippen LogP contribution in [0.4, 0.5) is 17.1 Å². The van der Waals surface area contributed by atoms with Gasteiger partial charge < -0.3 is 28.4 Å². The monoisotopic (exact) mass is 750 g/mol. The first-order valence-corrected chi connectivity index (χ1v) is 21.3. The van der Waals surface area contributed by atoms with E-state index in [2.05, 4.69) is 193 Å². The molecule has 7 aromatic rings. The van der Waals surface area contributed by atoms with Crippen molar-refractivity contribution in [3.05, 3.63) is 165 Å². The van der Waals surface area contributed by atoms with Crippen molar-refractivity contribution in [1.82, 2.24) is 13.7 Å². The van der Waals surface area contributed by atoms with E-state index in [0.29, 0.717) is 18.1 Å². The Bertz CT molecular complexity index is 2100. The molecule has 3 atom stereocenters. The Hall–Kier alpha value is -5.88. The molecule has 3 aromatic heterocycles. The van der Waals surface area contributed by atoms with Crippen LogP contribution in [0.3, 0.4) is 0 Å². The first-order valence-electron chi connectivity index (χ1n) is 21.3. The number of hydrogen-bond donors (Lipinski definition) is 0. The van der Waals surface area contributed by atoms with Gasteiger partial charge in [-0.2, -0.15) is 0 Å². The van der Waals surface area contributed by atoms with E-state index in [4.69, 9.17) is 0 Å². The van der Waals surface area contributed by atoms with Gasteiger partial charge >= 0.3 is 0 Å². The molecular formula is C51H54N6. The number of benzene rings is 4. The van der Waals surface area contributed by atoms with Crippen molar-refractivity contribution in [2.24, 2.45) is 0 Å². The summed E-state index contributed by atoms with van der Waals surface area (Å²) in [6.07, 6.45) is 20.6. The molecule has 3 aliphatic heterocycles. The van der Waals surface area contributed by atoms with Gasteiger partial charge in [-0.15, -0.1) is 0 Å². The molecule has 3 fully saturated rings. The van der Waals surface area contributed by atoms with E-state index in [-0.39, 0.29) is 0 Å². The zero-order valence-corrected chi connectivity index (χ0v) is 33.0. The van der Waals surface area contributed by atoms with Crippen molar-refractivity contribution in [3.8, 4) is 33.4 Å². The predicted octanol–water partition coefficient (Wildman–Crippen LogP) is 11.6. The highest BCUT2D eigenvalue weighted by molar-refractivity contribution is 5.84. The largest absolute Gasteiger partial charge is 0.369 e. The van der Waals surface area contributed by atoms with Crippen LogP contribution in [0, 0.1) is 0 Å². The third-order valence-electron chi connectivity index (χ3n) is 12.9. The molecule has 57 heavy (non-hydrogen) atoms. The Morgan fingerprint density at radius 2 is 0.614 bits per heavy atom. The molecule has 0 radical (unpaired) electrons. The molecule has 0 N–H and O–H groups in total. The third kappa shape index (κ3) is 7.66. The maximum atomic E-state index is 2.59. The van der Waals surface area contributed by atoms with Crippen LogP contribution in [0.5, 0.6) is 0 Å². The zero-order valence-electron chi connectivity index (χ0n) is 33.0. The summed E-state index contributed by atoms with van der Waals surface area (Å²) < 4.78 is 7.18. The fraction of sp³-hybridized carbons (Fsp3) is 0.294. The van der Waals surface area contributed by atoms with Crippen LogP contribution in [0.2, 0.25) is 0 Å². The van der Waals surface area contributed by atoms with Gasteiger partial charge in [0.05, 0.1) is 18.1 Å². The maximum absolute atomic E-state index is 2.59. The van der Waals surface area contributed by atoms with Crippen LogP contribution >= 0.6 is 0 Å². The van der Waals surface area contributed by atoms with Gasteiger partial charge in [-0.05, 0) is 163 Å². The Labute approximate surface area is 338 Å². The van der Waals surface area contributed by atoms with Gasteiger partial charge in [0.25, 0.3) is 0 Å². The SMILES string of the molecule is c1cc(-c2cc(-c3cccc(N4CCCC(n5cccc5)C4)c3)cc(-c3cccc(N4CCCC(n5cccc5)C4)c3)c2)cc(N2CCCC(n3cccc3)C2)c1. The minimum absolute atomic E-state index is 0.504. The lowest BCUT2D eigenvalue weighted by atomic mass is 9.92. The molecule has 288 valence electrons. The molecule has 4 aromatic carbocycles. The number of aromatic nitrogens is 3. The number of rotatable bonds is 9. The summed E-state index contributed by atoms with van der Waals surface area (Å²) in [7, 11) is 0. The first-order chi connectivity index (χ1) is 28.2. The number of hydrogen-bond acceptors (Lipinski definition) is 3. The quantitative estimate of drug-likeness (QED) is 0.147. The summed E-state index contributed by atoms with van der Waals surface area (Å²) in [4.78, 5) is 7.78. The topological polar surface area (TPSA) is 24.5 Å². The van der Waals surface area contributed by atoms with Crippen LogP contribution in [0.15, 0.2) is 165 Å². The highest BCUT2D eigenvalue weighted by Crippen LogP contribution is 2.38. The van der Waals surface area contributed by atoms with E-state index in [1.54, 1.807) is 0 Å². The lowest BCUT2D eigenvalue weighted by Gasteiger charge is -2.35. The van der Waals surface area contributed by atoms with Gasteiger partial charge in [0, 0.05) is 93.5 Å². The van der Waals surface area contributed by atoms with Crippen LogP contribution in [-0.2, 0) is 0 Å². The van der Waals surface area contributed by atoms with Crippen LogP contribution in [0.25, 0.3) is 33.4 Å². The van der Waals surface area contributed by atoms with E-state index in [1.807, 2.05) is 0 Å².